The monoisotopic (exact) mass is 376 g/mol. The summed E-state index contributed by atoms with van der Waals surface area (Å²) >= 11 is 0. The molecule has 0 radical (unpaired) electrons. The van der Waals surface area contributed by atoms with Crippen molar-refractivity contribution in [2.24, 2.45) is 0 Å². The van der Waals surface area contributed by atoms with Gasteiger partial charge < -0.3 is 28.4 Å². The smallest absolute Gasteiger partial charge is 0.344 e. The first kappa shape index (κ1) is 23.5. The third-order valence-corrected chi connectivity index (χ3v) is 2.41. The van der Waals surface area contributed by atoms with E-state index in [4.69, 9.17) is 18.9 Å². The van der Waals surface area contributed by atoms with E-state index in [9.17, 15) is 19.2 Å². The summed E-state index contributed by atoms with van der Waals surface area (Å²) in [5.74, 6) is -3.38. The maximum absolute atomic E-state index is 11.3. The molecule has 0 N–H and O–H groups in total. The van der Waals surface area contributed by atoms with E-state index in [0.29, 0.717) is 13.2 Å². The number of esters is 4. The van der Waals surface area contributed by atoms with Crippen LogP contribution in [0.25, 0.3) is 0 Å². The van der Waals surface area contributed by atoms with Crippen LogP contribution in [0, 0.1) is 0 Å². The SMILES string of the molecule is CCOCCOC(=O)COC(=O)/C=C/C(=O)OCC(=O)OCCOCC. The van der Waals surface area contributed by atoms with Crippen LogP contribution in [0.5, 0.6) is 0 Å². The van der Waals surface area contributed by atoms with E-state index >= 15 is 0 Å². The van der Waals surface area contributed by atoms with Crippen molar-refractivity contribution < 1.29 is 47.6 Å². The molecule has 0 unspecified atom stereocenters. The summed E-state index contributed by atoms with van der Waals surface area (Å²) in [7, 11) is 0. The highest BCUT2D eigenvalue weighted by molar-refractivity contribution is 5.93. The second kappa shape index (κ2) is 16.0. The zero-order valence-electron chi connectivity index (χ0n) is 14.9. The highest BCUT2D eigenvalue weighted by Crippen LogP contribution is 1.90. The van der Waals surface area contributed by atoms with Gasteiger partial charge in [-0.3, -0.25) is 0 Å². The zero-order valence-corrected chi connectivity index (χ0v) is 14.9. The van der Waals surface area contributed by atoms with E-state index in [-0.39, 0.29) is 26.4 Å². The Labute approximate surface area is 151 Å². The van der Waals surface area contributed by atoms with Crippen LogP contribution in [-0.4, -0.2) is 76.7 Å². The molecule has 10 heteroatoms. The molecule has 26 heavy (non-hydrogen) atoms. The second-order valence-corrected chi connectivity index (χ2v) is 4.38. The first-order chi connectivity index (χ1) is 12.5. The van der Waals surface area contributed by atoms with Crippen molar-refractivity contribution in [3.8, 4) is 0 Å². The van der Waals surface area contributed by atoms with Crippen LogP contribution in [0.3, 0.4) is 0 Å². The van der Waals surface area contributed by atoms with Crippen molar-refractivity contribution in [2.75, 3.05) is 52.9 Å². The molecule has 148 valence electrons. The summed E-state index contributed by atoms with van der Waals surface area (Å²) < 4.78 is 28.5. The predicted octanol–water partition coefficient (Wildman–Crippen LogP) is -0.212. The molecule has 0 aliphatic rings. The fourth-order valence-corrected chi connectivity index (χ4v) is 1.29. The molecule has 0 aromatic rings. The van der Waals surface area contributed by atoms with Gasteiger partial charge in [-0.05, 0) is 13.8 Å². The van der Waals surface area contributed by atoms with E-state index < -0.39 is 37.1 Å². The Kier molecular flexibility index (Phi) is 14.5. The summed E-state index contributed by atoms with van der Waals surface area (Å²) in [5.41, 5.74) is 0. The van der Waals surface area contributed by atoms with Gasteiger partial charge in [0.2, 0.25) is 0 Å². The summed E-state index contributed by atoms with van der Waals surface area (Å²) in [6, 6.07) is 0. The molecule has 0 spiro atoms. The molecule has 0 bridgehead atoms. The summed E-state index contributed by atoms with van der Waals surface area (Å²) in [4.78, 5) is 45.1. The lowest BCUT2D eigenvalue weighted by Crippen LogP contribution is -2.18. The van der Waals surface area contributed by atoms with E-state index in [0.717, 1.165) is 12.2 Å². The molecule has 0 aromatic heterocycles. The van der Waals surface area contributed by atoms with Gasteiger partial charge in [0.05, 0.1) is 13.2 Å². The molecule has 0 saturated carbocycles. The minimum absolute atomic E-state index is 0.0487. The highest BCUT2D eigenvalue weighted by atomic mass is 16.6. The van der Waals surface area contributed by atoms with Crippen molar-refractivity contribution in [3.05, 3.63) is 12.2 Å². The van der Waals surface area contributed by atoms with Gasteiger partial charge in [0.25, 0.3) is 0 Å². The van der Waals surface area contributed by atoms with E-state index in [1.807, 2.05) is 0 Å². The minimum atomic E-state index is -0.942. The highest BCUT2D eigenvalue weighted by Gasteiger charge is 2.09. The standard InChI is InChI=1S/C16H24O10/c1-3-21-7-9-23-15(19)11-25-13(17)5-6-14(18)26-12-16(20)24-10-8-22-4-2/h5-6H,3-4,7-12H2,1-2H3/b6-5+. The number of hydrogen-bond acceptors (Lipinski definition) is 10. The molecule has 0 aliphatic carbocycles. The van der Waals surface area contributed by atoms with Crippen LogP contribution in [0.4, 0.5) is 0 Å². The van der Waals surface area contributed by atoms with Crippen LogP contribution < -0.4 is 0 Å². The topological polar surface area (TPSA) is 124 Å². The maximum Gasteiger partial charge on any atom is 0.344 e. The van der Waals surface area contributed by atoms with E-state index in [1.165, 1.54) is 0 Å². The number of rotatable bonds is 14. The summed E-state index contributed by atoms with van der Waals surface area (Å²) in [6.45, 7) is 3.98. The molecule has 10 nitrogen and oxygen atoms in total. The van der Waals surface area contributed by atoms with Gasteiger partial charge in [0, 0.05) is 25.4 Å². The van der Waals surface area contributed by atoms with Gasteiger partial charge in [-0.2, -0.15) is 0 Å². The fraction of sp³-hybridized carbons (Fsp3) is 0.625. The first-order valence-corrected chi connectivity index (χ1v) is 7.97. The zero-order chi connectivity index (χ0) is 19.6. The molecular formula is C16H24O10. The largest absolute Gasteiger partial charge is 0.461 e. The molecule has 0 aliphatic heterocycles. The Morgan fingerprint density at radius 3 is 1.35 bits per heavy atom. The number of hydrogen-bond donors (Lipinski definition) is 0. The Morgan fingerprint density at radius 2 is 1.00 bits per heavy atom. The van der Waals surface area contributed by atoms with Crippen LogP contribution in [0.1, 0.15) is 13.8 Å². The third-order valence-electron chi connectivity index (χ3n) is 2.41. The van der Waals surface area contributed by atoms with E-state index in [1.54, 1.807) is 13.8 Å². The summed E-state index contributed by atoms with van der Waals surface area (Å²) in [6.07, 6.45) is 1.52. The lowest BCUT2D eigenvalue weighted by atomic mass is 10.5. The molecule has 0 fully saturated rings. The first-order valence-electron chi connectivity index (χ1n) is 7.97. The Morgan fingerprint density at radius 1 is 0.615 bits per heavy atom. The Hall–Kier alpha value is -2.46. The lowest BCUT2D eigenvalue weighted by molar-refractivity contribution is -0.157. The minimum Gasteiger partial charge on any atom is -0.461 e. The Balaban J connectivity index is 3.82. The molecule has 0 aromatic carbocycles. The average Bonchev–Trinajstić information content (AvgIpc) is 2.63. The van der Waals surface area contributed by atoms with Crippen molar-refractivity contribution in [3.63, 3.8) is 0 Å². The lowest BCUT2D eigenvalue weighted by Gasteiger charge is -2.05. The van der Waals surface area contributed by atoms with Crippen LogP contribution in [0.15, 0.2) is 12.2 Å². The van der Waals surface area contributed by atoms with Gasteiger partial charge in [-0.15, -0.1) is 0 Å². The van der Waals surface area contributed by atoms with Crippen molar-refractivity contribution in [1.29, 1.82) is 0 Å². The quantitative estimate of drug-likeness (QED) is 0.174. The van der Waals surface area contributed by atoms with Crippen molar-refractivity contribution in [2.45, 2.75) is 13.8 Å². The van der Waals surface area contributed by atoms with Crippen molar-refractivity contribution >= 4 is 23.9 Å². The summed E-state index contributed by atoms with van der Waals surface area (Å²) in [5, 5.41) is 0. The maximum atomic E-state index is 11.3. The normalized spacial score (nSPS) is 10.4. The van der Waals surface area contributed by atoms with Gasteiger partial charge >= 0.3 is 23.9 Å². The van der Waals surface area contributed by atoms with Gasteiger partial charge in [-0.1, -0.05) is 0 Å². The molecule has 0 rings (SSSR count). The molecule has 0 amide bonds. The average molecular weight is 376 g/mol. The predicted molar refractivity (Wildman–Crippen MR) is 86.0 cm³/mol. The van der Waals surface area contributed by atoms with Crippen LogP contribution in [-0.2, 0) is 47.6 Å². The second-order valence-electron chi connectivity index (χ2n) is 4.38. The Bertz CT molecular complexity index is 430. The van der Waals surface area contributed by atoms with Crippen LogP contribution >= 0.6 is 0 Å². The number of carbonyl (C=O) groups is 4. The molecule has 0 saturated heterocycles. The fourth-order valence-electron chi connectivity index (χ4n) is 1.29. The van der Waals surface area contributed by atoms with E-state index in [2.05, 4.69) is 9.47 Å². The molecule has 0 atom stereocenters. The molecule has 0 heterocycles. The van der Waals surface area contributed by atoms with Gasteiger partial charge in [0.1, 0.15) is 13.2 Å². The number of ether oxygens (including phenoxy) is 6. The number of carbonyl (C=O) groups excluding carboxylic acids is 4. The van der Waals surface area contributed by atoms with Gasteiger partial charge in [0.15, 0.2) is 13.2 Å². The van der Waals surface area contributed by atoms with Crippen molar-refractivity contribution in [1.82, 2.24) is 0 Å². The third kappa shape index (κ3) is 15.1. The van der Waals surface area contributed by atoms with Crippen LogP contribution in [0.2, 0.25) is 0 Å². The molecular weight excluding hydrogens is 352 g/mol. The van der Waals surface area contributed by atoms with Gasteiger partial charge in [-0.25, -0.2) is 19.2 Å².